The Labute approximate surface area is 62.2 Å². The van der Waals surface area contributed by atoms with E-state index in [0.717, 1.165) is 19.4 Å². The van der Waals surface area contributed by atoms with Crippen molar-refractivity contribution in [3.63, 3.8) is 0 Å². The number of rotatable bonds is 1. The van der Waals surface area contributed by atoms with Gasteiger partial charge in [-0.15, -0.1) is 0 Å². The van der Waals surface area contributed by atoms with Crippen molar-refractivity contribution in [1.29, 1.82) is 0 Å². The Morgan fingerprint density at radius 2 is 2.10 bits per heavy atom. The van der Waals surface area contributed by atoms with Crippen LogP contribution in [-0.4, -0.2) is 23.8 Å². The zero-order valence-corrected chi connectivity index (χ0v) is 6.81. The van der Waals surface area contributed by atoms with Crippen LogP contribution in [0.25, 0.3) is 0 Å². The van der Waals surface area contributed by atoms with Gasteiger partial charge in [0, 0.05) is 12.6 Å². The normalized spacial score (nSPS) is 29.4. The van der Waals surface area contributed by atoms with Gasteiger partial charge in [0.05, 0.1) is 0 Å². The van der Waals surface area contributed by atoms with Crippen LogP contribution in [0.3, 0.4) is 0 Å². The van der Waals surface area contributed by atoms with Crippen molar-refractivity contribution in [2.45, 2.75) is 45.4 Å². The Morgan fingerprint density at radius 1 is 1.40 bits per heavy atom. The summed E-state index contributed by atoms with van der Waals surface area (Å²) < 4.78 is 13.0. The van der Waals surface area contributed by atoms with Crippen molar-refractivity contribution in [3.05, 3.63) is 0 Å². The predicted octanol–water partition coefficient (Wildman–Crippen LogP) is 2.18. The van der Waals surface area contributed by atoms with E-state index in [1.165, 1.54) is 6.42 Å². The van der Waals surface area contributed by atoms with E-state index in [2.05, 4.69) is 13.8 Å². The molecule has 1 heterocycles. The summed E-state index contributed by atoms with van der Waals surface area (Å²) in [6, 6.07) is 0.371. The monoisotopic (exact) mass is 145 g/mol. The van der Waals surface area contributed by atoms with Crippen LogP contribution in [0, 0.1) is 0 Å². The Balaban J connectivity index is 2.40. The molecule has 2 heteroatoms. The summed E-state index contributed by atoms with van der Waals surface area (Å²) in [4.78, 5) is 1.93. The zero-order chi connectivity index (χ0) is 7.56. The van der Waals surface area contributed by atoms with Gasteiger partial charge in [0.15, 0.2) is 6.30 Å². The molecule has 0 radical (unpaired) electrons. The average molecular weight is 145 g/mol. The highest BCUT2D eigenvalue weighted by Gasteiger charge is 2.23. The molecule has 0 spiro atoms. The maximum atomic E-state index is 13.0. The molecule has 0 bridgehead atoms. The lowest BCUT2D eigenvalue weighted by Crippen LogP contribution is -2.41. The molecule has 0 unspecified atom stereocenters. The fourth-order valence-corrected chi connectivity index (χ4v) is 1.49. The summed E-state index contributed by atoms with van der Waals surface area (Å²) in [5, 5.41) is 0. The van der Waals surface area contributed by atoms with Crippen molar-refractivity contribution in [3.8, 4) is 0 Å². The highest BCUT2D eigenvalue weighted by molar-refractivity contribution is 4.71. The van der Waals surface area contributed by atoms with Gasteiger partial charge in [0.25, 0.3) is 0 Å². The van der Waals surface area contributed by atoms with E-state index in [9.17, 15) is 4.39 Å². The number of nitrogens with zero attached hydrogens (tertiary/aromatic N) is 1. The largest absolute Gasteiger partial charge is 0.272 e. The lowest BCUT2D eigenvalue weighted by molar-refractivity contribution is 0.0218. The van der Waals surface area contributed by atoms with Crippen LogP contribution in [0.4, 0.5) is 4.39 Å². The van der Waals surface area contributed by atoms with Crippen molar-refractivity contribution >= 4 is 0 Å². The Hall–Kier alpha value is -0.110. The molecule has 0 N–H and O–H groups in total. The Morgan fingerprint density at radius 3 is 2.50 bits per heavy atom. The summed E-state index contributed by atoms with van der Waals surface area (Å²) in [6.07, 6.45) is 2.29. The van der Waals surface area contributed by atoms with Gasteiger partial charge >= 0.3 is 0 Å². The van der Waals surface area contributed by atoms with Crippen molar-refractivity contribution in [2.24, 2.45) is 0 Å². The van der Waals surface area contributed by atoms with Gasteiger partial charge in [-0.25, -0.2) is 4.39 Å². The molecule has 0 aromatic heterocycles. The SMILES string of the molecule is CC(C)N1CCCC[C@H]1F. The molecule has 0 aromatic rings. The highest BCUT2D eigenvalue weighted by atomic mass is 19.1. The minimum Gasteiger partial charge on any atom is -0.272 e. The van der Waals surface area contributed by atoms with Crippen LogP contribution >= 0.6 is 0 Å². The maximum Gasteiger partial charge on any atom is 0.153 e. The van der Waals surface area contributed by atoms with Crippen LogP contribution < -0.4 is 0 Å². The van der Waals surface area contributed by atoms with E-state index in [0.29, 0.717) is 6.04 Å². The fourth-order valence-electron chi connectivity index (χ4n) is 1.49. The molecule has 0 aliphatic carbocycles. The first-order chi connectivity index (χ1) is 4.72. The first-order valence-corrected chi connectivity index (χ1v) is 4.11. The smallest absolute Gasteiger partial charge is 0.153 e. The minimum atomic E-state index is -0.672. The number of hydrogen-bond donors (Lipinski definition) is 0. The van der Waals surface area contributed by atoms with Gasteiger partial charge < -0.3 is 0 Å². The van der Waals surface area contributed by atoms with Crippen LogP contribution in [0.2, 0.25) is 0 Å². The molecular formula is C8H16FN. The standard InChI is InChI=1S/C8H16FN/c1-7(2)10-6-4-3-5-8(10)9/h7-8H,3-6H2,1-2H3/t8-/m0/s1. The molecule has 1 saturated heterocycles. The molecule has 0 amide bonds. The molecule has 1 nitrogen and oxygen atoms in total. The highest BCUT2D eigenvalue weighted by Crippen LogP contribution is 2.19. The lowest BCUT2D eigenvalue weighted by Gasteiger charge is -2.33. The molecule has 1 atom stereocenters. The summed E-state index contributed by atoms with van der Waals surface area (Å²) in [5.74, 6) is 0. The molecular weight excluding hydrogens is 129 g/mol. The number of likely N-dealkylation sites (tertiary alicyclic amines) is 1. The summed E-state index contributed by atoms with van der Waals surface area (Å²) in [7, 11) is 0. The van der Waals surface area contributed by atoms with Crippen LogP contribution in [0.15, 0.2) is 0 Å². The van der Waals surface area contributed by atoms with Gasteiger partial charge in [-0.1, -0.05) is 0 Å². The summed E-state index contributed by atoms with van der Waals surface area (Å²) in [5.41, 5.74) is 0. The number of hydrogen-bond acceptors (Lipinski definition) is 1. The van der Waals surface area contributed by atoms with E-state index in [1.807, 2.05) is 4.90 Å². The molecule has 60 valence electrons. The zero-order valence-electron chi connectivity index (χ0n) is 6.81. The topological polar surface area (TPSA) is 3.24 Å². The predicted molar refractivity (Wildman–Crippen MR) is 40.6 cm³/mol. The van der Waals surface area contributed by atoms with Gasteiger partial charge in [-0.05, 0) is 33.1 Å². The fraction of sp³-hybridized carbons (Fsp3) is 1.00. The quantitative estimate of drug-likeness (QED) is 0.511. The second-order valence-corrected chi connectivity index (χ2v) is 3.26. The minimum absolute atomic E-state index is 0.371. The van der Waals surface area contributed by atoms with E-state index in [4.69, 9.17) is 0 Å². The first-order valence-electron chi connectivity index (χ1n) is 4.11. The van der Waals surface area contributed by atoms with Crippen LogP contribution in [0.1, 0.15) is 33.1 Å². The maximum absolute atomic E-state index is 13.0. The first kappa shape index (κ1) is 7.99. The molecule has 0 aromatic carbocycles. The van der Waals surface area contributed by atoms with Crippen molar-refractivity contribution in [1.82, 2.24) is 4.90 Å². The van der Waals surface area contributed by atoms with E-state index < -0.39 is 6.30 Å². The Bertz CT molecular complexity index is 103. The second-order valence-electron chi connectivity index (χ2n) is 3.26. The lowest BCUT2D eigenvalue weighted by atomic mass is 10.1. The third kappa shape index (κ3) is 1.69. The molecule has 1 aliphatic heterocycles. The van der Waals surface area contributed by atoms with Crippen molar-refractivity contribution in [2.75, 3.05) is 6.54 Å². The molecule has 1 fully saturated rings. The molecule has 1 aliphatic rings. The van der Waals surface area contributed by atoms with Gasteiger partial charge in [0.1, 0.15) is 0 Å². The van der Waals surface area contributed by atoms with Gasteiger partial charge in [-0.3, -0.25) is 4.90 Å². The average Bonchev–Trinajstić information content (AvgIpc) is 1.88. The molecule has 0 saturated carbocycles. The summed E-state index contributed by atoms with van der Waals surface area (Å²) in [6.45, 7) is 5.05. The van der Waals surface area contributed by atoms with Crippen LogP contribution in [-0.2, 0) is 0 Å². The Kier molecular flexibility index (Phi) is 2.66. The van der Waals surface area contributed by atoms with Crippen molar-refractivity contribution < 1.29 is 4.39 Å². The third-order valence-electron chi connectivity index (χ3n) is 2.13. The molecule has 10 heavy (non-hydrogen) atoms. The van der Waals surface area contributed by atoms with Gasteiger partial charge in [-0.2, -0.15) is 0 Å². The second kappa shape index (κ2) is 3.33. The number of piperidine rings is 1. The third-order valence-corrected chi connectivity index (χ3v) is 2.13. The van der Waals surface area contributed by atoms with E-state index >= 15 is 0 Å². The molecule has 1 rings (SSSR count). The van der Waals surface area contributed by atoms with Gasteiger partial charge in [0.2, 0.25) is 0 Å². The number of alkyl halides is 1. The van der Waals surface area contributed by atoms with Crippen LogP contribution in [0.5, 0.6) is 0 Å². The number of halogens is 1. The van der Waals surface area contributed by atoms with E-state index in [1.54, 1.807) is 0 Å². The van der Waals surface area contributed by atoms with E-state index in [-0.39, 0.29) is 0 Å². The summed E-state index contributed by atoms with van der Waals surface area (Å²) >= 11 is 0.